The largest absolute Gasteiger partial charge is 0.493 e. The fraction of sp³-hybridized carbons (Fsp3) is 0.364. The first kappa shape index (κ1) is 20.6. The molecule has 2 aromatic heterocycles. The Morgan fingerprint density at radius 3 is 2.73 bits per heavy atom. The predicted octanol–water partition coefficient (Wildman–Crippen LogP) is 5.92. The molecule has 1 saturated carbocycles. The molecule has 5 nitrogen and oxygen atoms in total. The lowest BCUT2D eigenvalue weighted by Gasteiger charge is -2.12. The zero-order chi connectivity index (χ0) is 21.3. The van der Waals surface area contributed by atoms with Gasteiger partial charge in [-0.25, -0.2) is 13.8 Å². The van der Waals surface area contributed by atoms with Gasteiger partial charge in [0.2, 0.25) is 5.92 Å². The molecular formula is C22H22ClF2N3O2. The smallest absolute Gasteiger partial charge is 0.248 e. The number of aryl methyl sites for hydroxylation is 1. The van der Waals surface area contributed by atoms with E-state index in [1.807, 2.05) is 25.1 Å². The highest BCUT2D eigenvalue weighted by molar-refractivity contribution is 6.31. The summed E-state index contributed by atoms with van der Waals surface area (Å²) in [6.45, 7) is 2.28. The van der Waals surface area contributed by atoms with E-state index in [-0.39, 0.29) is 18.8 Å². The lowest BCUT2D eigenvalue weighted by Crippen LogP contribution is -2.09. The second kappa shape index (κ2) is 8.22. The number of aromatic nitrogens is 3. The van der Waals surface area contributed by atoms with Gasteiger partial charge in [0.1, 0.15) is 23.3 Å². The Morgan fingerprint density at radius 1 is 1.23 bits per heavy atom. The van der Waals surface area contributed by atoms with Gasteiger partial charge in [0, 0.05) is 30.5 Å². The number of methoxy groups -OCH3 is 1. The lowest BCUT2D eigenvalue weighted by molar-refractivity contribution is 0.00756. The number of benzene rings is 1. The molecule has 0 radical (unpaired) electrons. The third-order valence-corrected chi connectivity index (χ3v) is 5.53. The maximum Gasteiger partial charge on any atom is 0.248 e. The van der Waals surface area contributed by atoms with E-state index in [0.717, 1.165) is 11.3 Å². The van der Waals surface area contributed by atoms with Crippen LogP contribution >= 0.6 is 11.6 Å². The summed E-state index contributed by atoms with van der Waals surface area (Å²) in [5.41, 5.74) is 3.11. The van der Waals surface area contributed by atoms with Crippen LogP contribution in [0.3, 0.4) is 0 Å². The summed E-state index contributed by atoms with van der Waals surface area (Å²) in [4.78, 5) is 11.8. The first-order valence-corrected chi connectivity index (χ1v) is 10.1. The molecule has 30 heavy (non-hydrogen) atoms. The molecule has 0 saturated heterocycles. The van der Waals surface area contributed by atoms with Crippen molar-refractivity contribution in [1.82, 2.24) is 15.0 Å². The quantitative estimate of drug-likeness (QED) is 0.523. The standard InChI is InChI=1S/C22H22ClF2N3O2/c1-13-3-5-16(26-11-13)12-30-17-6-4-14(9-18(17)29-2)19-20(23)28-21(27-19)15-7-8-22(24,25)10-15/h3-6,9,11,15H,7-8,10,12H2,1-2H3,(H,27,28). The molecule has 1 fully saturated rings. The van der Waals surface area contributed by atoms with Gasteiger partial charge in [-0.3, -0.25) is 4.98 Å². The van der Waals surface area contributed by atoms with E-state index in [2.05, 4.69) is 15.0 Å². The zero-order valence-corrected chi connectivity index (χ0v) is 17.5. The van der Waals surface area contributed by atoms with E-state index in [1.54, 1.807) is 25.4 Å². The van der Waals surface area contributed by atoms with Crippen LogP contribution in [0.2, 0.25) is 5.15 Å². The first-order valence-electron chi connectivity index (χ1n) is 9.70. The third kappa shape index (κ3) is 4.41. The van der Waals surface area contributed by atoms with Gasteiger partial charge in [0.05, 0.1) is 12.8 Å². The molecule has 8 heteroatoms. The van der Waals surface area contributed by atoms with Crippen molar-refractivity contribution in [3.05, 3.63) is 58.8 Å². The van der Waals surface area contributed by atoms with Crippen LogP contribution in [-0.2, 0) is 6.61 Å². The van der Waals surface area contributed by atoms with Gasteiger partial charge in [-0.2, -0.15) is 0 Å². The molecule has 4 rings (SSSR count). The highest BCUT2D eigenvalue weighted by atomic mass is 35.5. The van der Waals surface area contributed by atoms with Crippen LogP contribution in [0.5, 0.6) is 11.5 Å². The van der Waals surface area contributed by atoms with Crippen molar-refractivity contribution in [2.75, 3.05) is 7.11 Å². The number of alkyl halides is 2. The molecule has 0 aliphatic heterocycles. The Morgan fingerprint density at radius 2 is 2.07 bits per heavy atom. The minimum absolute atomic E-state index is 0.124. The van der Waals surface area contributed by atoms with Crippen LogP contribution in [0.25, 0.3) is 11.3 Å². The summed E-state index contributed by atoms with van der Waals surface area (Å²) in [5.74, 6) is -1.38. The molecule has 3 aromatic rings. The highest BCUT2D eigenvalue weighted by Gasteiger charge is 2.41. The average Bonchev–Trinajstić information content (AvgIpc) is 3.29. The van der Waals surface area contributed by atoms with Crippen LogP contribution in [0.4, 0.5) is 8.78 Å². The van der Waals surface area contributed by atoms with Crippen LogP contribution in [0.1, 0.15) is 42.3 Å². The van der Waals surface area contributed by atoms with Crippen LogP contribution in [-0.4, -0.2) is 28.0 Å². The number of aromatic amines is 1. The molecular weight excluding hydrogens is 412 g/mol. The molecule has 2 heterocycles. The van der Waals surface area contributed by atoms with Gasteiger partial charge in [-0.1, -0.05) is 17.7 Å². The van der Waals surface area contributed by atoms with Crippen molar-refractivity contribution >= 4 is 11.6 Å². The number of nitrogens with one attached hydrogen (secondary N) is 1. The van der Waals surface area contributed by atoms with E-state index in [1.165, 1.54) is 0 Å². The molecule has 1 aliphatic carbocycles. The number of halogens is 3. The average molecular weight is 434 g/mol. The van der Waals surface area contributed by atoms with E-state index in [9.17, 15) is 8.78 Å². The van der Waals surface area contributed by atoms with Crippen molar-refractivity contribution in [3.63, 3.8) is 0 Å². The van der Waals surface area contributed by atoms with Crippen molar-refractivity contribution in [3.8, 4) is 22.8 Å². The number of hydrogen-bond donors (Lipinski definition) is 1. The molecule has 1 unspecified atom stereocenters. The van der Waals surface area contributed by atoms with E-state index in [4.69, 9.17) is 21.1 Å². The summed E-state index contributed by atoms with van der Waals surface area (Å²) in [6, 6.07) is 9.25. The van der Waals surface area contributed by atoms with Gasteiger partial charge >= 0.3 is 0 Å². The third-order valence-electron chi connectivity index (χ3n) is 5.25. The van der Waals surface area contributed by atoms with E-state index < -0.39 is 5.92 Å². The maximum absolute atomic E-state index is 13.6. The number of imidazole rings is 1. The van der Waals surface area contributed by atoms with Crippen molar-refractivity contribution in [1.29, 1.82) is 0 Å². The van der Waals surface area contributed by atoms with Crippen molar-refractivity contribution in [2.24, 2.45) is 0 Å². The van der Waals surface area contributed by atoms with E-state index >= 15 is 0 Å². The molecule has 0 bridgehead atoms. The number of pyridine rings is 1. The maximum atomic E-state index is 13.6. The summed E-state index contributed by atoms with van der Waals surface area (Å²) in [5, 5.41) is 0.319. The normalized spacial score (nSPS) is 17.8. The Labute approximate surface area is 178 Å². The Hall–Kier alpha value is -2.67. The Kier molecular flexibility index (Phi) is 5.64. The van der Waals surface area contributed by atoms with Crippen molar-refractivity contribution in [2.45, 2.75) is 44.6 Å². The fourth-order valence-corrected chi connectivity index (χ4v) is 3.85. The van der Waals surface area contributed by atoms with Gasteiger partial charge < -0.3 is 14.5 Å². The van der Waals surface area contributed by atoms with Crippen molar-refractivity contribution < 1.29 is 18.3 Å². The Bertz CT molecular complexity index is 1040. The van der Waals surface area contributed by atoms with Crippen LogP contribution in [0.15, 0.2) is 36.5 Å². The minimum atomic E-state index is -2.64. The zero-order valence-electron chi connectivity index (χ0n) is 16.7. The fourth-order valence-electron chi connectivity index (χ4n) is 3.61. The number of nitrogens with zero attached hydrogens (tertiary/aromatic N) is 2. The van der Waals surface area contributed by atoms with Crippen LogP contribution < -0.4 is 9.47 Å². The summed E-state index contributed by atoms with van der Waals surface area (Å²) in [6.07, 6.45) is 1.84. The first-order chi connectivity index (χ1) is 14.3. The molecule has 0 amide bonds. The van der Waals surface area contributed by atoms with Gasteiger partial charge in [0.25, 0.3) is 0 Å². The van der Waals surface area contributed by atoms with Gasteiger partial charge in [-0.05, 0) is 43.2 Å². The number of ether oxygens (including phenoxy) is 2. The molecule has 158 valence electrons. The molecule has 0 spiro atoms. The number of rotatable bonds is 6. The Balaban J connectivity index is 1.53. The predicted molar refractivity (Wildman–Crippen MR) is 110 cm³/mol. The lowest BCUT2D eigenvalue weighted by atomic mass is 10.1. The summed E-state index contributed by atoms with van der Waals surface area (Å²) < 4.78 is 38.4. The topological polar surface area (TPSA) is 60.0 Å². The molecule has 1 N–H and O–H groups in total. The van der Waals surface area contributed by atoms with Gasteiger partial charge in [0.15, 0.2) is 11.5 Å². The molecule has 1 atom stereocenters. The summed E-state index contributed by atoms with van der Waals surface area (Å²) in [7, 11) is 1.55. The monoisotopic (exact) mass is 433 g/mol. The second-order valence-corrected chi connectivity index (χ2v) is 7.94. The molecule has 1 aromatic carbocycles. The number of H-pyrrole nitrogens is 1. The molecule has 1 aliphatic rings. The van der Waals surface area contributed by atoms with Gasteiger partial charge in [-0.15, -0.1) is 0 Å². The number of hydrogen-bond acceptors (Lipinski definition) is 4. The SMILES string of the molecule is COc1cc(-c2nc(C3CCC(F)(F)C3)[nH]c2Cl)ccc1OCc1ccc(C)cn1. The highest BCUT2D eigenvalue weighted by Crippen LogP contribution is 2.44. The second-order valence-electron chi connectivity index (χ2n) is 7.56. The minimum Gasteiger partial charge on any atom is -0.493 e. The van der Waals surface area contributed by atoms with E-state index in [0.29, 0.717) is 46.8 Å². The van der Waals surface area contributed by atoms with Crippen LogP contribution in [0, 0.1) is 6.92 Å². The summed E-state index contributed by atoms with van der Waals surface area (Å²) >= 11 is 6.33.